The second-order valence-corrected chi connectivity index (χ2v) is 5.61. The summed E-state index contributed by atoms with van der Waals surface area (Å²) in [6.45, 7) is 4.40. The molecule has 1 aromatic heterocycles. The standard InChI is InChI=1S/C13H13Cl2NOS/c1-8-3-11(4-9(2)13(8)15)17-6-12-16-10(5-14)7-18-12/h3-4,7H,5-6H2,1-2H3. The van der Waals surface area contributed by atoms with E-state index in [9.17, 15) is 0 Å². The third kappa shape index (κ3) is 3.16. The highest BCUT2D eigenvalue weighted by atomic mass is 35.5. The molecule has 0 saturated carbocycles. The SMILES string of the molecule is Cc1cc(OCc2nc(CCl)cs2)cc(C)c1Cl. The first kappa shape index (κ1) is 13.7. The average molecular weight is 302 g/mol. The Labute approximate surface area is 121 Å². The van der Waals surface area contributed by atoms with Crippen molar-refractivity contribution in [2.45, 2.75) is 26.3 Å². The fourth-order valence-corrected chi connectivity index (χ4v) is 2.65. The van der Waals surface area contributed by atoms with Gasteiger partial charge in [0.2, 0.25) is 0 Å². The van der Waals surface area contributed by atoms with E-state index in [4.69, 9.17) is 27.9 Å². The molecule has 1 heterocycles. The van der Waals surface area contributed by atoms with Gasteiger partial charge in [0.1, 0.15) is 17.4 Å². The lowest BCUT2D eigenvalue weighted by atomic mass is 10.1. The van der Waals surface area contributed by atoms with Crippen LogP contribution in [0.1, 0.15) is 21.8 Å². The highest BCUT2D eigenvalue weighted by molar-refractivity contribution is 7.09. The van der Waals surface area contributed by atoms with Crippen molar-refractivity contribution in [3.63, 3.8) is 0 Å². The first-order valence-corrected chi connectivity index (χ1v) is 7.28. The maximum absolute atomic E-state index is 6.11. The summed E-state index contributed by atoms with van der Waals surface area (Å²) in [6.07, 6.45) is 0. The second-order valence-electron chi connectivity index (χ2n) is 4.03. The summed E-state index contributed by atoms with van der Waals surface area (Å²) in [4.78, 5) is 4.34. The van der Waals surface area contributed by atoms with Gasteiger partial charge in [-0.1, -0.05) is 11.6 Å². The van der Waals surface area contributed by atoms with Crippen molar-refractivity contribution in [3.8, 4) is 5.75 Å². The van der Waals surface area contributed by atoms with Crippen molar-refractivity contribution in [2.75, 3.05) is 0 Å². The van der Waals surface area contributed by atoms with E-state index < -0.39 is 0 Å². The fraction of sp³-hybridized carbons (Fsp3) is 0.308. The molecule has 0 bridgehead atoms. The van der Waals surface area contributed by atoms with Gasteiger partial charge in [0, 0.05) is 10.4 Å². The van der Waals surface area contributed by atoms with E-state index in [1.807, 2.05) is 31.4 Å². The minimum absolute atomic E-state index is 0.440. The monoisotopic (exact) mass is 301 g/mol. The van der Waals surface area contributed by atoms with Crippen LogP contribution in [0.4, 0.5) is 0 Å². The minimum atomic E-state index is 0.440. The topological polar surface area (TPSA) is 22.1 Å². The van der Waals surface area contributed by atoms with Gasteiger partial charge in [0.15, 0.2) is 0 Å². The molecular formula is C13H13Cl2NOS. The largest absolute Gasteiger partial charge is 0.486 e. The fourth-order valence-electron chi connectivity index (χ4n) is 1.61. The van der Waals surface area contributed by atoms with Gasteiger partial charge in [-0.3, -0.25) is 0 Å². The number of thiazole rings is 1. The first-order chi connectivity index (χ1) is 8.60. The Balaban J connectivity index is 2.06. The number of hydrogen-bond acceptors (Lipinski definition) is 3. The second kappa shape index (κ2) is 5.91. The predicted octanol–water partition coefficient (Wildman–Crippen LogP) is 4.73. The zero-order chi connectivity index (χ0) is 13.1. The molecule has 0 amide bonds. The molecule has 0 unspecified atom stereocenters. The van der Waals surface area contributed by atoms with E-state index in [2.05, 4.69) is 4.98 Å². The molecule has 1 aromatic carbocycles. The zero-order valence-corrected chi connectivity index (χ0v) is 12.5. The van der Waals surface area contributed by atoms with E-state index in [1.54, 1.807) is 11.3 Å². The Hall–Kier alpha value is -0.770. The lowest BCUT2D eigenvalue weighted by Crippen LogP contribution is -1.96. The van der Waals surface area contributed by atoms with Gasteiger partial charge in [0.25, 0.3) is 0 Å². The van der Waals surface area contributed by atoms with Crippen LogP contribution in [0.15, 0.2) is 17.5 Å². The van der Waals surface area contributed by atoms with Crippen LogP contribution in [0, 0.1) is 13.8 Å². The molecule has 0 saturated heterocycles. The Kier molecular flexibility index (Phi) is 4.49. The average Bonchev–Trinajstić information content (AvgIpc) is 2.81. The molecule has 96 valence electrons. The molecule has 0 N–H and O–H groups in total. The molecule has 18 heavy (non-hydrogen) atoms. The Bertz CT molecular complexity index is 531. The van der Waals surface area contributed by atoms with E-state index in [-0.39, 0.29) is 0 Å². The quantitative estimate of drug-likeness (QED) is 0.762. The summed E-state index contributed by atoms with van der Waals surface area (Å²) < 4.78 is 5.71. The summed E-state index contributed by atoms with van der Waals surface area (Å²) in [5.41, 5.74) is 2.93. The zero-order valence-electron chi connectivity index (χ0n) is 10.2. The van der Waals surface area contributed by atoms with Gasteiger partial charge in [-0.15, -0.1) is 22.9 Å². The van der Waals surface area contributed by atoms with Crippen LogP contribution in [-0.4, -0.2) is 4.98 Å². The van der Waals surface area contributed by atoms with Crippen LogP contribution in [0.2, 0.25) is 5.02 Å². The molecule has 2 rings (SSSR count). The smallest absolute Gasteiger partial charge is 0.140 e. The number of aromatic nitrogens is 1. The Morgan fingerprint density at radius 3 is 2.50 bits per heavy atom. The summed E-state index contributed by atoms with van der Waals surface area (Å²) in [5, 5.41) is 3.67. The number of alkyl halides is 1. The molecule has 0 fully saturated rings. The summed E-state index contributed by atoms with van der Waals surface area (Å²) in [7, 11) is 0. The van der Waals surface area contributed by atoms with Gasteiger partial charge in [-0.25, -0.2) is 4.98 Å². The van der Waals surface area contributed by atoms with Crippen LogP contribution in [0.3, 0.4) is 0 Å². The Morgan fingerprint density at radius 1 is 1.28 bits per heavy atom. The van der Waals surface area contributed by atoms with Crippen LogP contribution >= 0.6 is 34.5 Å². The van der Waals surface area contributed by atoms with Crippen molar-refractivity contribution in [1.82, 2.24) is 4.98 Å². The summed E-state index contributed by atoms with van der Waals surface area (Å²) in [6, 6.07) is 3.87. The molecule has 0 aliphatic rings. The number of aryl methyl sites for hydroxylation is 2. The van der Waals surface area contributed by atoms with Crippen LogP contribution in [-0.2, 0) is 12.5 Å². The number of hydrogen-bond donors (Lipinski definition) is 0. The summed E-state index contributed by atoms with van der Waals surface area (Å²) in [5.74, 6) is 1.26. The van der Waals surface area contributed by atoms with Gasteiger partial charge >= 0.3 is 0 Å². The molecule has 0 atom stereocenters. The minimum Gasteiger partial charge on any atom is -0.486 e. The highest BCUT2D eigenvalue weighted by Crippen LogP contribution is 2.26. The van der Waals surface area contributed by atoms with E-state index in [0.717, 1.165) is 32.6 Å². The van der Waals surface area contributed by atoms with Crippen LogP contribution in [0.25, 0.3) is 0 Å². The maximum Gasteiger partial charge on any atom is 0.140 e. The van der Waals surface area contributed by atoms with Crippen LogP contribution in [0.5, 0.6) is 5.75 Å². The molecule has 0 spiro atoms. The molecular weight excluding hydrogens is 289 g/mol. The van der Waals surface area contributed by atoms with Gasteiger partial charge in [-0.05, 0) is 37.1 Å². The van der Waals surface area contributed by atoms with Crippen molar-refractivity contribution in [2.24, 2.45) is 0 Å². The van der Waals surface area contributed by atoms with E-state index >= 15 is 0 Å². The van der Waals surface area contributed by atoms with E-state index in [0.29, 0.717) is 12.5 Å². The number of halogens is 2. The van der Waals surface area contributed by atoms with Crippen molar-refractivity contribution >= 4 is 34.5 Å². The lowest BCUT2D eigenvalue weighted by Gasteiger charge is -2.08. The van der Waals surface area contributed by atoms with Crippen molar-refractivity contribution in [1.29, 1.82) is 0 Å². The predicted molar refractivity (Wildman–Crippen MR) is 76.9 cm³/mol. The van der Waals surface area contributed by atoms with Gasteiger partial charge in [-0.2, -0.15) is 0 Å². The normalized spacial score (nSPS) is 10.7. The van der Waals surface area contributed by atoms with Crippen LogP contribution < -0.4 is 4.74 Å². The summed E-state index contributed by atoms with van der Waals surface area (Å²) >= 11 is 13.4. The van der Waals surface area contributed by atoms with E-state index in [1.165, 1.54) is 0 Å². The Morgan fingerprint density at radius 2 is 1.94 bits per heavy atom. The number of benzene rings is 1. The maximum atomic E-state index is 6.11. The number of ether oxygens (including phenoxy) is 1. The third-order valence-electron chi connectivity index (χ3n) is 2.51. The number of nitrogens with zero attached hydrogens (tertiary/aromatic N) is 1. The lowest BCUT2D eigenvalue weighted by molar-refractivity contribution is 0.305. The molecule has 2 nitrogen and oxygen atoms in total. The molecule has 5 heteroatoms. The number of rotatable bonds is 4. The van der Waals surface area contributed by atoms with Crippen molar-refractivity contribution in [3.05, 3.63) is 44.4 Å². The first-order valence-electron chi connectivity index (χ1n) is 5.49. The van der Waals surface area contributed by atoms with Crippen molar-refractivity contribution < 1.29 is 4.74 Å². The molecule has 0 radical (unpaired) electrons. The highest BCUT2D eigenvalue weighted by Gasteiger charge is 2.05. The third-order valence-corrected chi connectivity index (χ3v) is 4.25. The van der Waals surface area contributed by atoms with Gasteiger partial charge in [0.05, 0.1) is 11.6 Å². The molecule has 0 aliphatic heterocycles. The van der Waals surface area contributed by atoms with Gasteiger partial charge < -0.3 is 4.74 Å². The molecule has 0 aliphatic carbocycles. The molecule has 2 aromatic rings.